The van der Waals surface area contributed by atoms with Gasteiger partial charge in [0.2, 0.25) is 0 Å². The second kappa shape index (κ2) is 8.80. The van der Waals surface area contributed by atoms with Crippen LogP contribution < -0.4 is 5.56 Å². The Hall–Kier alpha value is -2.99. The topological polar surface area (TPSA) is 75.3 Å². The average Bonchev–Trinajstić information content (AvgIpc) is 2.70. The standard InChI is InChI=1S/C22H25N3O3/c1-15(2)16-8-10-17(11-9-16)22(27)25(12-13-28-3)14-20-23-19-7-5-4-6-18(19)21(26)24-20/h4-11,15H,12-14H2,1-3H3,(H,23,24,26). The Kier molecular flexibility index (Phi) is 6.21. The predicted octanol–water partition coefficient (Wildman–Crippen LogP) is 3.34. The maximum absolute atomic E-state index is 13.0. The van der Waals surface area contributed by atoms with Crippen molar-refractivity contribution in [3.05, 3.63) is 75.8 Å². The highest BCUT2D eigenvalue weighted by Crippen LogP contribution is 2.16. The van der Waals surface area contributed by atoms with Crippen LogP contribution in [0.4, 0.5) is 0 Å². The molecule has 0 bridgehead atoms. The molecule has 3 aromatic rings. The van der Waals surface area contributed by atoms with Crippen LogP contribution in [-0.2, 0) is 11.3 Å². The van der Waals surface area contributed by atoms with E-state index in [4.69, 9.17) is 4.74 Å². The number of nitrogens with zero attached hydrogens (tertiary/aromatic N) is 2. The van der Waals surface area contributed by atoms with Gasteiger partial charge in [-0.2, -0.15) is 0 Å². The molecule has 0 aliphatic rings. The van der Waals surface area contributed by atoms with Crippen LogP contribution in [0.25, 0.3) is 10.9 Å². The molecule has 3 rings (SSSR count). The van der Waals surface area contributed by atoms with E-state index in [-0.39, 0.29) is 18.0 Å². The Morgan fingerprint density at radius 1 is 1.14 bits per heavy atom. The number of fused-ring (bicyclic) bond motifs is 1. The first-order valence-corrected chi connectivity index (χ1v) is 9.35. The molecule has 0 radical (unpaired) electrons. The lowest BCUT2D eigenvalue weighted by molar-refractivity contribution is 0.0675. The van der Waals surface area contributed by atoms with E-state index >= 15 is 0 Å². The van der Waals surface area contributed by atoms with Gasteiger partial charge in [-0.1, -0.05) is 38.1 Å². The van der Waals surface area contributed by atoms with Crippen molar-refractivity contribution in [1.29, 1.82) is 0 Å². The fourth-order valence-corrected chi connectivity index (χ4v) is 3.04. The number of benzene rings is 2. The fraction of sp³-hybridized carbons (Fsp3) is 0.318. The van der Waals surface area contributed by atoms with Crippen molar-refractivity contribution in [1.82, 2.24) is 14.9 Å². The Labute approximate surface area is 164 Å². The lowest BCUT2D eigenvalue weighted by Crippen LogP contribution is -2.34. The summed E-state index contributed by atoms with van der Waals surface area (Å²) in [6.45, 7) is 5.23. The Bertz CT molecular complexity index is 1010. The zero-order chi connectivity index (χ0) is 20.1. The van der Waals surface area contributed by atoms with E-state index in [1.54, 1.807) is 30.2 Å². The Morgan fingerprint density at radius 3 is 2.54 bits per heavy atom. The summed E-state index contributed by atoms with van der Waals surface area (Å²) in [6.07, 6.45) is 0. The molecule has 1 N–H and O–H groups in total. The molecule has 6 heteroatoms. The molecule has 0 unspecified atom stereocenters. The van der Waals surface area contributed by atoms with Crippen LogP contribution in [0.5, 0.6) is 0 Å². The zero-order valence-corrected chi connectivity index (χ0v) is 16.4. The van der Waals surface area contributed by atoms with Crippen LogP contribution in [0.2, 0.25) is 0 Å². The third-order valence-corrected chi connectivity index (χ3v) is 4.68. The molecule has 2 aromatic carbocycles. The van der Waals surface area contributed by atoms with Crippen LogP contribution in [0.15, 0.2) is 53.3 Å². The summed E-state index contributed by atoms with van der Waals surface area (Å²) in [5, 5.41) is 0.533. The number of H-pyrrole nitrogens is 1. The number of para-hydroxylation sites is 1. The Balaban J connectivity index is 1.87. The molecule has 0 saturated heterocycles. The minimum atomic E-state index is -0.207. The maximum Gasteiger partial charge on any atom is 0.258 e. The summed E-state index contributed by atoms with van der Waals surface area (Å²) in [7, 11) is 1.59. The monoisotopic (exact) mass is 379 g/mol. The zero-order valence-electron chi connectivity index (χ0n) is 16.4. The number of hydrogen-bond acceptors (Lipinski definition) is 4. The summed E-state index contributed by atoms with van der Waals surface area (Å²) in [5.74, 6) is 0.732. The molecule has 146 valence electrons. The second-order valence-corrected chi connectivity index (χ2v) is 7.03. The highest BCUT2D eigenvalue weighted by atomic mass is 16.5. The minimum absolute atomic E-state index is 0.122. The molecule has 6 nitrogen and oxygen atoms in total. The van der Waals surface area contributed by atoms with Crippen molar-refractivity contribution in [3.63, 3.8) is 0 Å². The third kappa shape index (κ3) is 4.46. The van der Waals surface area contributed by atoms with Crippen molar-refractivity contribution in [2.45, 2.75) is 26.3 Å². The van der Waals surface area contributed by atoms with Gasteiger partial charge in [-0.15, -0.1) is 0 Å². The first-order chi connectivity index (χ1) is 13.5. The van der Waals surface area contributed by atoms with E-state index in [0.29, 0.717) is 41.4 Å². The minimum Gasteiger partial charge on any atom is -0.383 e. The van der Waals surface area contributed by atoms with Gasteiger partial charge in [0.15, 0.2) is 0 Å². The van der Waals surface area contributed by atoms with Crippen molar-refractivity contribution < 1.29 is 9.53 Å². The first-order valence-electron chi connectivity index (χ1n) is 9.35. The van der Waals surface area contributed by atoms with Gasteiger partial charge >= 0.3 is 0 Å². The number of amides is 1. The molecule has 1 heterocycles. The SMILES string of the molecule is COCCN(Cc1nc2ccccc2c(=O)[nH]1)C(=O)c1ccc(C(C)C)cc1. The summed E-state index contributed by atoms with van der Waals surface area (Å²) in [6, 6.07) is 14.8. The first kappa shape index (κ1) is 19.8. The number of aromatic amines is 1. The van der Waals surface area contributed by atoms with Gasteiger partial charge in [0.25, 0.3) is 11.5 Å². The van der Waals surface area contributed by atoms with Crippen molar-refractivity contribution in [2.24, 2.45) is 0 Å². The van der Waals surface area contributed by atoms with E-state index in [1.165, 1.54) is 5.56 Å². The lowest BCUT2D eigenvalue weighted by Gasteiger charge is -2.22. The highest BCUT2D eigenvalue weighted by Gasteiger charge is 2.18. The quantitative estimate of drug-likeness (QED) is 0.683. The third-order valence-electron chi connectivity index (χ3n) is 4.68. The lowest BCUT2D eigenvalue weighted by atomic mass is 10.0. The van der Waals surface area contributed by atoms with Gasteiger partial charge in [0.1, 0.15) is 5.82 Å². The maximum atomic E-state index is 13.0. The molecule has 1 aromatic heterocycles. The van der Waals surface area contributed by atoms with E-state index < -0.39 is 0 Å². The van der Waals surface area contributed by atoms with Crippen LogP contribution in [0.3, 0.4) is 0 Å². The number of hydrogen-bond donors (Lipinski definition) is 1. The molecule has 0 fully saturated rings. The molecule has 0 spiro atoms. The molecule has 28 heavy (non-hydrogen) atoms. The summed E-state index contributed by atoms with van der Waals surface area (Å²) >= 11 is 0. The smallest absolute Gasteiger partial charge is 0.258 e. The number of nitrogens with one attached hydrogen (secondary N) is 1. The van der Waals surface area contributed by atoms with Crippen molar-refractivity contribution in [2.75, 3.05) is 20.3 Å². The van der Waals surface area contributed by atoms with Crippen LogP contribution in [0.1, 0.15) is 41.5 Å². The second-order valence-electron chi connectivity index (χ2n) is 7.03. The number of ether oxygens (including phenoxy) is 1. The number of rotatable bonds is 7. The van der Waals surface area contributed by atoms with E-state index in [1.807, 2.05) is 30.3 Å². The highest BCUT2D eigenvalue weighted by molar-refractivity contribution is 5.94. The molecule has 0 atom stereocenters. The fourth-order valence-electron chi connectivity index (χ4n) is 3.04. The van der Waals surface area contributed by atoms with Gasteiger partial charge < -0.3 is 14.6 Å². The van der Waals surface area contributed by atoms with E-state index in [0.717, 1.165) is 0 Å². The molecular formula is C22H25N3O3. The number of carbonyl (C=O) groups is 1. The molecule has 0 aliphatic heterocycles. The van der Waals surface area contributed by atoms with Gasteiger partial charge in [-0.25, -0.2) is 4.98 Å². The molecule has 0 aliphatic carbocycles. The normalized spacial score (nSPS) is 11.1. The largest absolute Gasteiger partial charge is 0.383 e. The van der Waals surface area contributed by atoms with Crippen molar-refractivity contribution in [3.8, 4) is 0 Å². The molecule has 0 saturated carbocycles. The van der Waals surface area contributed by atoms with Crippen LogP contribution in [0, 0.1) is 0 Å². The van der Waals surface area contributed by atoms with Gasteiger partial charge in [0.05, 0.1) is 24.1 Å². The van der Waals surface area contributed by atoms with Crippen molar-refractivity contribution >= 4 is 16.8 Å². The van der Waals surface area contributed by atoms with E-state index in [9.17, 15) is 9.59 Å². The summed E-state index contributed by atoms with van der Waals surface area (Å²) < 4.78 is 5.15. The molecular weight excluding hydrogens is 354 g/mol. The Morgan fingerprint density at radius 2 is 1.86 bits per heavy atom. The van der Waals surface area contributed by atoms with Crippen LogP contribution in [-0.4, -0.2) is 41.0 Å². The number of methoxy groups -OCH3 is 1. The molecule has 1 amide bonds. The predicted molar refractivity (Wildman–Crippen MR) is 110 cm³/mol. The average molecular weight is 379 g/mol. The van der Waals surface area contributed by atoms with E-state index in [2.05, 4.69) is 23.8 Å². The number of aromatic nitrogens is 2. The van der Waals surface area contributed by atoms with Gasteiger partial charge in [0, 0.05) is 19.2 Å². The van der Waals surface area contributed by atoms with Gasteiger partial charge in [-0.3, -0.25) is 9.59 Å². The van der Waals surface area contributed by atoms with Gasteiger partial charge in [-0.05, 0) is 35.7 Å². The number of carbonyl (C=O) groups excluding carboxylic acids is 1. The summed E-state index contributed by atoms with van der Waals surface area (Å²) in [4.78, 5) is 34.3. The summed E-state index contributed by atoms with van der Waals surface area (Å²) in [5.41, 5.74) is 2.19. The van der Waals surface area contributed by atoms with Crippen LogP contribution >= 0.6 is 0 Å².